The summed E-state index contributed by atoms with van der Waals surface area (Å²) in [5.74, 6) is -0.652. The van der Waals surface area contributed by atoms with E-state index >= 15 is 0 Å². The van der Waals surface area contributed by atoms with E-state index in [2.05, 4.69) is 16.2 Å². The molecule has 1 aromatic heterocycles. The molecule has 124 valence electrons. The van der Waals surface area contributed by atoms with E-state index in [-0.39, 0.29) is 17.4 Å². The standard InChI is InChI=1S/C16H14ClN3O2S2/c17-12-6-3-11(4-7-12)5-8-14(21)18-16(23)20-19-15(22)10-13-2-1-9-24-13/h1-9H,10H2,(H,19,22)(H2,18,20,21,23)/b8-5+. The second kappa shape index (κ2) is 9.17. The third-order valence-corrected chi connectivity index (χ3v) is 4.10. The molecule has 0 atom stereocenters. The second-order valence-electron chi connectivity index (χ2n) is 4.63. The number of benzene rings is 1. The van der Waals surface area contributed by atoms with Crippen molar-refractivity contribution in [3.05, 3.63) is 63.3 Å². The van der Waals surface area contributed by atoms with E-state index in [1.807, 2.05) is 17.5 Å². The molecule has 2 aromatic rings. The van der Waals surface area contributed by atoms with E-state index in [0.29, 0.717) is 5.02 Å². The lowest BCUT2D eigenvalue weighted by molar-refractivity contribution is -0.121. The zero-order valence-corrected chi connectivity index (χ0v) is 14.8. The Labute approximate surface area is 153 Å². The van der Waals surface area contributed by atoms with Crippen LogP contribution in [-0.2, 0) is 16.0 Å². The van der Waals surface area contributed by atoms with Crippen LogP contribution in [0.5, 0.6) is 0 Å². The van der Waals surface area contributed by atoms with Gasteiger partial charge in [-0.1, -0.05) is 29.8 Å². The zero-order chi connectivity index (χ0) is 17.4. The quantitative estimate of drug-likeness (QED) is 0.434. The summed E-state index contributed by atoms with van der Waals surface area (Å²) < 4.78 is 0. The van der Waals surface area contributed by atoms with E-state index in [9.17, 15) is 9.59 Å². The molecule has 1 aromatic carbocycles. The van der Waals surface area contributed by atoms with Gasteiger partial charge in [-0.15, -0.1) is 11.3 Å². The predicted octanol–water partition coefficient (Wildman–Crippen LogP) is 2.68. The van der Waals surface area contributed by atoms with E-state index in [0.717, 1.165) is 10.4 Å². The minimum Gasteiger partial charge on any atom is -0.298 e. The predicted molar refractivity (Wildman–Crippen MR) is 101 cm³/mol. The highest BCUT2D eigenvalue weighted by Gasteiger charge is 2.05. The van der Waals surface area contributed by atoms with Crippen molar-refractivity contribution in [3.8, 4) is 0 Å². The Morgan fingerprint density at radius 1 is 1.17 bits per heavy atom. The molecule has 3 N–H and O–H groups in total. The maximum Gasteiger partial charge on any atom is 0.250 e. The molecule has 0 bridgehead atoms. The van der Waals surface area contributed by atoms with Crippen molar-refractivity contribution < 1.29 is 9.59 Å². The van der Waals surface area contributed by atoms with Crippen LogP contribution in [0.1, 0.15) is 10.4 Å². The van der Waals surface area contributed by atoms with Gasteiger partial charge in [-0.2, -0.15) is 0 Å². The highest BCUT2D eigenvalue weighted by molar-refractivity contribution is 7.80. The number of hydrazine groups is 1. The van der Waals surface area contributed by atoms with Gasteiger partial charge in [-0.25, -0.2) is 0 Å². The van der Waals surface area contributed by atoms with Gasteiger partial charge in [0.25, 0.3) is 0 Å². The van der Waals surface area contributed by atoms with Crippen molar-refractivity contribution in [2.24, 2.45) is 0 Å². The number of thiophene rings is 1. The van der Waals surface area contributed by atoms with Crippen LogP contribution in [0.15, 0.2) is 47.9 Å². The number of rotatable bonds is 4. The zero-order valence-electron chi connectivity index (χ0n) is 12.4. The van der Waals surface area contributed by atoms with Crippen LogP contribution < -0.4 is 16.2 Å². The molecule has 0 radical (unpaired) electrons. The van der Waals surface area contributed by atoms with Crippen molar-refractivity contribution in [2.75, 3.05) is 0 Å². The number of carbonyl (C=O) groups is 2. The fourth-order valence-electron chi connectivity index (χ4n) is 1.67. The van der Waals surface area contributed by atoms with Crippen LogP contribution in [0.3, 0.4) is 0 Å². The summed E-state index contributed by atoms with van der Waals surface area (Å²) in [5.41, 5.74) is 5.74. The van der Waals surface area contributed by atoms with Gasteiger partial charge in [0.1, 0.15) is 0 Å². The van der Waals surface area contributed by atoms with Crippen LogP contribution in [-0.4, -0.2) is 16.9 Å². The molecule has 5 nitrogen and oxygen atoms in total. The number of thiocarbonyl (C=S) groups is 1. The Kier molecular flexibility index (Phi) is 6.92. The lowest BCUT2D eigenvalue weighted by Crippen LogP contribution is -2.48. The van der Waals surface area contributed by atoms with Crippen LogP contribution >= 0.6 is 35.2 Å². The fourth-order valence-corrected chi connectivity index (χ4v) is 2.65. The molecule has 2 rings (SSSR count). The monoisotopic (exact) mass is 379 g/mol. The highest BCUT2D eigenvalue weighted by Crippen LogP contribution is 2.10. The summed E-state index contributed by atoms with van der Waals surface area (Å²) in [5, 5.41) is 4.97. The SMILES string of the molecule is O=C(/C=C/c1ccc(Cl)cc1)NC(=S)NNC(=O)Cc1cccs1. The summed E-state index contributed by atoms with van der Waals surface area (Å²) in [6.07, 6.45) is 3.21. The third kappa shape index (κ3) is 6.49. The molecule has 8 heteroatoms. The number of halogens is 1. The number of carbonyl (C=O) groups excluding carboxylic acids is 2. The van der Waals surface area contributed by atoms with E-state index < -0.39 is 5.91 Å². The molecule has 0 spiro atoms. The maximum absolute atomic E-state index is 11.7. The maximum atomic E-state index is 11.7. The summed E-state index contributed by atoms with van der Waals surface area (Å²) in [6, 6.07) is 10.8. The van der Waals surface area contributed by atoms with Gasteiger partial charge in [-0.05, 0) is 47.4 Å². The topological polar surface area (TPSA) is 70.2 Å². The number of amides is 2. The Morgan fingerprint density at radius 3 is 2.58 bits per heavy atom. The summed E-state index contributed by atoms with van der Waals surface area (Å²) in [4.78, 5) is 24.3. The molecule has 0 saturated carbocycles. The number of hydrogen-bond acceptors (Lipinski definition) is 4. The first-order valence-corrected chi connectivity index (χ1v) is 8.55. The molecule has 2 amide bonds. The van der Waals surface area contributed by atoms with E-state index in [1.54, 1.807) is 30.3 Å². The largest absolute Gasteiger partial charge is 0.298 e. The van der Waals surface area contributed by atoms with Gasteiger partial charge >= 0.3 is 0 Å². The highest BCUT2D eigenvalue weighted by atomic mass is 35.5. The number of nitrogens with one attached hydrogen (secondary N) is 3. The van der Waals surface area contributed by atoms with Crippen LogP contribution in [0.2, 0.25) is 5.02 Å². The van der Waals surface area contributed by atoms with Crippen molar-refractivity contribution in [1.82, 2.24) is 16.2 Å². The van der Waals surface area contributed by atoms with Crippen molar-refractivity contribution >= 4 is 58.2 Å². The normalized spacial score (nSPS) is 10.4. The van der Waals surface area contributed by atoms with Crippen LogP contribution in [0.25, 0.3) is 6.08 Å². The Hall–Kier alpha value is -2.22. The minimum absolute atomic E-state index is 0.0142. The van der Waals surface area contributed by atoms with E-state index in [4.69, 9.17) is 23.8 Å². The van der Waals surface area contributed by atoms with E-state index in [1.165, 1.54) is 17.4 Å². The molecule has 0 aliphatic carbocycles. The fraction of sp³-hybridized carbons (Fsp3) is 0.0625. The molecule has 0 saturated heterocycles. The Bertz CT molecular complexity index is 743. The second-order valence-corrected chi connectivity index (χ2v) is 6.51. The average molecular weight is 380 g/mol. The molecule has 0 aliphatic rings. The van der Waals surface area contributed by atoms with Crippen LogP contribution in [0, 0.1) is 0 Å². The number of hydrogen-bond donors (Lipinski definition) is 3. The molecule has 0 aliphatic heterocycles. The summed E-state index contributed by atoms with van der Waals surface area (Å²) in [7, 11) is 0. The minimum atomic E-state index is -0.407. The van der Waals surface area contributed by atoms with Gasteiger partial charge in [0.05, 0.1) is 6.42 Å². The molecular formula is C16H14ClN3O2S2. The lowest BCUT2D eigenvalue weighted by Gasteiger charge is -2.09. The molecule has 24 heavy (non-hydrogen) atoms. The summed E-state index contributed by atoms with van der Waals surface area (Å²) >= 11 is 12.2. The summed E-state index contributed by atoms with van der Waals surface area (Å²) in [6.45, 7) is 0. The first-order valence-electron chi connectivity index (χ1n) is 6.89. The van der Waals surface area contributed by atoms with Crippen LogP contribution in [0.4, 0.5) is 0 Å². The third-order valence-electron chi connectivity index (χ3n) is 2.76. The Balaban J connectivity index is 1.72. The average Bonchev–Trinajstić information content (AvgIpc) is 3.05. The molecule has 1 heterocycles. The van der Waals surface area contributed by atoms with Gasteiger partial charge in [0.15, 0.2) is 5.11 Å². The van der Waals surface area contributed by atoms with Gasteiger partial charge in [0, 0.05) is 16.0 Å². The molecule has 0 unspecified atom stereocenters. The van der Waals surface area contributed by atoms with Gasteiger partial charge < -0.3 is 0 Å². The molecular weight excluding hydrogens is 366 g/mol. The first-order chi connectivity index (χ1) is 11.5. The Morgan fingerprint density at radius 2 is 1.92 bits per heavy atom. The molecule has 0 fully saturated rings. The first kappa shape index (κ1) is 18.1. The lowest BCUT2D eigenvalue weighted by atomic mass is 10.2. The van der Waals surface area contributed by atoms with Crippen molar-refractivity contribution in [3.63, 3.8) is 0 Å². The van der Waals surface area contributed by atoms with Crippen molar-refractivity contribution in [1.29, 1.82) is 0 Å². The van der Waals surface area contributed by atoms with Gasteiger partial charge in [0.2, 0.25) is 11.8 Å². The van der Waals surface area contributed by atoms with Gasteiger partial charge in [-0.3, -0.25) is 25.8 Å². The van der Waals surface area contributed by atoms with Crippen molar-refractivity contribution in [2.45, 2.75) is 6.42 Å². The smallest absolute Gasteiger partial charge is 0.250 e.